The first-order valence-electron chi connectivity index (χ1n) is 6.68. The SMILES string of the molecule is CC1CN(C)CCCN1S(=O)(=O)c1cc(N)c(F)cc1F. The van der Waals surface area contributed by atoms with Gasteiger partial charge in [0, 0.05) is 25.2 Å². The van der Waals surface area contributed by atoms with E-state index >= 15 is 0 Å². The molecule has 0 aliphatic carbocycles. The molecule has 21 heavy (non-hydrogen) atoms. The van der Waals surface area contributed by atoms with Crippen molar-refractivity contribution < 1.29 is 17.2 Å². The number of hydrogen-bond acceptors (Lipinski definition) is 4. The van der Waals surface area contributed by atoms with Crippen LogP contribution in [0.5, 0.6) is 0 Å². The highest BCUT2D eigenvalue weighted by Crippen LogP contribution is 2.26. The summed E-state index contributed by atoms with van der Waals surface area (Å²) in [6, 6.07) is 1.06. The van der Waals surface area contributed by atoms with Crippen LogP contribution in [0.4, 0.5) is 14.5 Å². The minimum atomic E-state index is -4.04. The lowest BCUT2D eigenvalue weighted by molar-refractivity contribution is 0.290. The van der Waals surface area contributed by atoms with Crippen molar-refractivity contribution in [1.82, 2.24) is 9.21 Å². The van der Waals surface area contributed by atoms with E-state index < -0.39 is 26.6 Å². The van der Waals surface area contributed by atoms with E-state index in [9.17, 15) is 17.2 Å². The molecule has 5 nitrogen and oxygen atoms in total. The van der Waals surface area contributed by atoms with Crippen molar-refractivity contribution in [1.29, 1.82) is 0 Å². The number of halogens is 2. The van der Waals surface area contributed by atoms with Crippen LogP contribution in [0, 0.1) is 11.6 Å². The molecule has 2 N–H and O–H groups in total. The van der Waals surface area contributed by atoms with E-state index in [2.05, 4.69) is 0 Å². The Morgan fingerprint density at radius 2 is 1.90 bits per heavy atom. The zero-order valence-corrected chi connectivity index (χ0v) is 12.8. The summed E-state index contributed by atoms with van der Waals surface area (Å²) in [5.41, 5.74) is 4.99. The van der Waals surface area contributed by atoms with Gasteiger partial charge in [-0.2, -0.15) is 4.31 Å². The Morgan fingerprint density at radius 3 is 2.57 bits per heavy atom. The van der Waals surface area contributed by atoms with E-state index in [0.717, 1.165) is 12.6 Å². The molecule has 118 valence electrons. The summed E-state index contributed by atoms with van der Waals surface area (Å²) in [5.74, 6) is -2.08. The molecular weight excluding hydrogens is 300 g/mol. The zero-order valence-electron chi connectivity index (χ0n) is 12.0. The summed E-state index contributed by atoms with van der Waals surface area (Å²) in [5, 5.41) is 0. The van der Waals surface area contributed by atoms with E-state index in [0.29, 0.717) is 25.6 Å². The highest BCUT2D eigenvalue weighted by Gasteiger charge is 2.33. The molecule has 1 aromatic rings. The normalized spacial score (nSPS) is 22.2. The monoisotopic (exact) mass is 319 g/mol. The number of rotatable bonds is 2. The summed E-state index contributed by atoms with van der Waals surface area (Å²) < 4.78 is 53.6. The van der Waals surface area contributed by atoms with Gasteiger partial charge in [0.25, 0.3) is 0 Å². The van der Waals surface area contributed by atoms with Crippen molar-refractivity contribution in [2.45, 2.75) is 24.3 Å². The van der Waals surface area contributed by atoms with Gasteiger partial charge in [-0.15, -0.1) is 0 Å². The van der Waals surface area contributed by atoms with Gasteiger partial charge < -0.3 is 10.6 Å². The minimum Gasteiger partial charge on any atom is -0.396 e. The molecular formula is C13H19F2N3O2S. The topological polar surface area (TPSA) is 66.6 Å². The molecule has 0 amide bonds. The summed E-state index contributed by atoms with van der Waals surface area (Å²) in [7, 11) is -2.14. The second-order valence-electron chi connectivity index (χ2n) is 5.38. The van der Waals surface area contributed by atoms with E-state index in [1.807, 2.05) is 11.9 Å². The standard InChI is InChI=1S/C13H19F2N3O2S/c1-9-8-17(2)4-3-5-18(9)21(19,20)13-7-12(16)10(14)6-11(13)15/h6-7,9H,3-5,8,16H2,1-2H3. The number of likely N-dealkylation sites (N-methyl/N-ethyl adjacent to an activating group) is 1. The molecule has 1 saturated heterocycles. The first kappa shape index (κ1) is 16.1. The summed E-state index contributed by atoms with van der Waals surface area (Å²) in [4.78, 5) is 1.45. The lowest BCUT2D eigenvalue weighted by Crippen LogP contribution is -2.42. The fraction of sp³-hybridized carbons (Fsp3) is 0.538. The van der Waals surface area contributed by atoms with Crippen molar-refractivity contribution in [3.63, 3.8) is 0 Å². The molecule has 0 saturated carbocycles. The molecule has 1 heterocycles. The van der Waals surface area contributed by atoms with Crippen molar-refractivity contribution in [3.8, 4) is 0 Å². The predicted octanol–water partition coefficient (Wildman–Crippen LogP) is 1.26. The fourth-order valence-corrected chi connectivity index (χ4v) is 4.32. The van der Waals surface area contributed by atoms with Crippen LogP contribution in [0.2, 0.25) is 0 Å². The van der Waals surface area contributed by atoms with Crippen molar-refractivity contribution in [2.24, 2.45) is 0 Å². The summed E-state index contributed by atoms with van der Waals surface area (Å²) in [6.07, 6.45) is 0.651. The Labute approximate surface area is 123 Å². The maximum absolute atomic E-state index is 13.9. The van der Waals surface area contributed by atoms with Gasteiger partial charge in [0.1, 0.15) is 16.5 Å². The largest absolute Gasteiger partial charge is 0.396 e. The smallest absolute Gasteiger partial charge is 0.246 e. The predicted molar refractivity (Wildman–Crippen MR) is 76.2 cm³/mol. The Bertz CT molecular complexity index is 637. The van der Waals surface area contributed by atoms with Gasteiger partial charge in [-0.05, 0) is 33.0 Å². The van der Waals surface area contributed by atoms with Gasteiger partial charge in [-0.1, -0.05) is 0 Å². The Balaban J connectivity index is 2.44. The van der Waals surface area contributed by atoms with Gasteiger partial charge in [0.05, 0.1) is 5.69 Å². The molecule has 1 aliphatic heterocycles. The van der Waals surface area contributed by atoms with E-state index in [1.165, 1.54) is 4.31 Å². The quantitative estimate of drug-likeness (QED) is 0.834. The van der Waals surface area contributed by atoms with Crippen LogP contribution in [0.15, 0.2) is 17.0 Å². The van der Waals surface area contributed by atoms with Crippen molar-refractivity contribution in [2.75, 3.05) is 32.4 Å². The highest BCUT2D eigenvalue weighted by molar-refractivity contribution is 7.89. The molecule has 1 aliphatic rings. The van der Waals surface area contributed by atoms with E-state index in [4.69, 9.17) is 5.73 Å². The molecule has 0 radical (unpaired) electrons. The fourth-order valence-electron chi connectivity index (χ4n) is 2.58. The van der Waals surface area contributed by atoms with Crippen LogP contribution in [-0.4, -0.2) is 50.3 Å². The molecule has 0 spiro atoms. The van der Waals surface area contributed by atoms with E-state index in [1.54, 1.807) is 6.92 Å². The van der Waals surface area contributed by atoms with Gasteiger partial charge in [-0.3, -0.25) is 0 Å². The molecule has 1 fully saturated rings. The second-order valence-corrected chi connectivity index (χ2v) is 7.24. The summed E-state index contributed by atoms with van der Waals surface area (Å²) >= 11 is 0. The molecule has 1 atom stereocenters. The van der Waals surface area contributed by atoms with Crippen LogP contribution >= 0.6 is 0 Å². The van der Waals surface area contributed by atoms with Crippen LogP contribution < -0.4 is 5.73 Å². The molecule has 2 rings (SSSR count). The van der Waals surface area contributed by atoms with Crippen molar-refractivity contribution >= 4 is 15.7 Å². The number of sulfonamides is 1. The van der Waals surface area contributed by atoms with Crippen LogP contribution in [0.25, 0.3) is 0 Å². The average Bonchev–Trinajstić information content (AvgIpc) is 2.54. The third-order valence-corrected chi connectivity index (χ3v) is 5.65. The number of nitrogens with zero attached hydrogens (tertiary/aromatic N) is 2. The van der Waals surface area contributed by atoms with Gasteiger partial charge in [0.2, 0.25) is 10.0 Å². The third kappa shape index (κ3) is 3.17. The number of nitrogen functional groups attached to an aromatic ring is 1. The minimum absolute atomic E-state index is 0.296. The van der Waals surface area contributed by atoms with E-state index in [-0.39, 0.29) is 11.7 Å². The lowest BCUT2D eigenvalue weighted by Gasteiger charge is -2.27. The number of hydrogen-bond donors (Lipinski definition) is 1. The molecule has 1 unspecified atom stereocenters. The highest BCUT2D eigenvalue weighted by atomic mass is 32.2. The Kier molecular flexibility index (Phi) is 4.50. The number of nitrogens with two attached hydrogens (primary N) is 1. The van der Waals surface area contributed by atoms with Gasteiger partial charge >= 0.3 is 0 Å². The Morgan fingerprint density at radius 1 is 1.24 bits per heavy atom. The second kappa shape index (κ2) is 5.86. The summed E-state index contributed by atoms with van der Waals surface area (Å²) in [6.45, 7) is 3.39. The molecule has 1 aromatic carbocycles. The lowest BCUT2D eigenvalue weighted by atomic mass is 10.3. The van der Waals surface area contributed by atoms with Gasteiger partial charge in [0.15, 0.2) is 0 Å². The average molecular weight is 319 g/mol. The first-order chi connectivity index (χ1) is 9.73. The molecule has 0 bridgehead atoms. The Hall–Kier alpha value is -1.25. The van der Waals surface area contributed by atoms with Crippen LogP contribution in [0.1, 0.15) is 13.3 Å². The van der Waals surface area contributed by atoms with Crippen LogP contribution in [-0.2, 0) is 10.0 Å². The van der Waals surface area contributed by atoms with Crippen molar-refractivity contribution in [3.05, 3.63) is 23.8 Å². The number of anilines is 1. The number of benzene rings is 1. The third-order valence-electron chi connectivity index (χ3n) is 3.62. The first-order valence-corrected chi connectivity index (χ1v) is 8.12. The van der Waals surface area contributed by atoms with Crippen LogP contribution in [0.3, 0.4) is 0 Å². The maximum Gasteiger partial charge on any atom is 0.246 e. The maximum atomic E-state index is 13.9. The van der Waals surface area contributed by atoms with Gasteiger partial charge in [-0.25, -0.2) is 17.2 Å². The molecule has 0 aromatic heterocycles. The molecule has 8 heteroatoms. The zero-order chi connectivity index (χ0) is 15.8.